The summed E-state index contributed by atoms with van der Waals surface area (Å²) in [5.74, 6) is 1.10. The van der Waals surface area contributed by atoms with E-state index in [1.54, 1.807) is 6.92 Å². The van der Waals surface area contributed by atoms with Crippen LogP contribution in [0.25, 0.3) is 10.2 Å². The molecule has 0 fully saturated rings. The topological polar surface area (TPSA) is 81.9 Å². The van der Waals surface area contributed by atoms with Gasteiger partial charge < -0.3 is 10.1 Å². The van der Waals surface area contributed by atoms with Crippen LogP contribution in [0.5, 0.6) is 0 Å². The van der Waals surface area contributed by atoms with Crippen molar-refractivity contribution in [2.24, 2.45) is 7.05 Å². The van der Waals surface area contributed by atoms with Crippen LogP contribution in [-0.4, -0.2) is 32.3 Å². The average Bonchev–Trinajstić information content (AvgIpc) is 3.12. The van der Waals surface area contributed by atoms with Crippen molar-refractivity contribution in [3.63, 3.8) is 0 Å². The molecule has 3 rings (SSSR count). The minimum absolute atomic E-state index is 0.308. The number of fused-ring (bicyclic) bond motifs is 1. The van der Waals surface area contributed by atoms with E-state index in [4.69, 9.17) is 4.74 Å². The van der Waals surface area contributed by atoms with E-state index >= 15 is 0 Å². The second-order valence-corrected chi connectivity index (χ2v) is 7.06. The molecular weight excluding hydrogens is 350 g/mol. The Morgan fingerprint density at radius 2 is 2.08 bits per heavy atom. The number of nitrogens with one attached hydrogen (secondary N) is 1. The Labute approximate surface area is 156 Å². The standard InChI is InChI=1S/C18H23N5O2S/c1-6-13-12(9-23(5)22-13)8-19-16-14-10(3)15(18(24)25-7-2)26-17(14)21-11(4)20-16/h9H,6-8H2,1-5H3,(H,19,20,21). The first kappa shape index (κ1) is 18.3. The fourth-order valence-corrected chi connectivity index (χ4v) is 4.09. The third kappa shape index (κ3) is 3.41. The molecule has 0 spiro atoms. The van der Waals surface area contributed by atoms with E-state index in [-0.39, 0.29) is 5.97 Å². The largest absolute Gasteiger partial charge is 0.462 e. The molecule has 0 bridgehead atoms. The summed E-state index contributed by atoms with van der Waals surface area (Å²) < 4.78 is 6.99. The maximum atomic E-state index is 12.2. The van der Waals surface area contributed by atoms with Gasteiger partial charge in [0, 0.05) is 25.4 Å². The lowest BCUT2D eigenvalue weighted by molar-refractivity contribution is 0.0531. The maximum Gasteiger partial charge on any atom is 0.348 e. The van der Waals surface area contributed by atoms with Gasteiger partial charge in [0.25, 0.3) is 0 Å². The second-order valence-electron chi connectivity index (χ2n) is 6.06. The van der Waals surface area contributed by atoms with E-state index in [1.165, 1.54) is 11.3 Å². The van der Waals surface area contributed by atoms with Gasteiger partial charge in [0.15, 0.2) is 0 Å². The summed E-state index contributed by atoms with van der Waals surface area (Å²) >= 11 is 1.35. The third-order valence-corrected chi connectivity index (χ3v) is 5.30. The van der Waals surface area contributed by atoms with Crippen molar-refractivity contribution < 1.29 is 9.53 Å². The number of thiophene rings is 1. The van der Waals surface area contributed by atoms with Crippen molar-refractivity contribution in [2.45, 2.75) is 40.7 Å². The lowest BCUT2D eigenvalue weighted by atomic mass is 10.2. The van der Waals surface area contributed by atoms with E-state index in [1.807, 2.05) is 31.8 Å². The van der Waals surface area contributed by atoms with Gasteiger partial charge in [-0.15, -0.1) is 11.3 Å². The van der Waals surface area contributed by atoms with Gasteiger partial charge in [0.2, 0.25) is 0 Å². The van der Waals surface area contributed by atoms with E-state index in [2.05, 4.69) is 27.3 Å². The number of anilines is 1. The van der Waals surface area contributed by atoms with E-state index < -0.39 is 0 Å². The molecule has 0 aliphatic heterocycles. The van der Waals surface area contributed by atoms with Crippen LogP contribution in [0.4, 0.5) is 5.82 Å². The van der Waals surface area contributed by atoms with Crippen LogP contribution in [0.3, 0.4) is 0 Å². The minimum atomic E-state index is -0.308. The van der Waals surface area contributed by atoms with Crippen molar-refractivity contribution in [1.82, 2.24) is 19.7 Å². The molecule has 0 saturated carbocycles. The van der Waals surface area contributed by atoms with Crippen molar-refractivity contribution >= 4 is 33.3 Å². The molecule has 1 N–H and O–H groups in total. The number of carbonyl (C=O) groups excluding carboxylic acids is 1. The lowest BCUT2D eigenvalue weighted by Crippen LogP contribution is -2.06. The highest BCUT2D eigenvalue weighted by Gasteiger charge is 2.21. The summed E-state index contributed by atoms with van der Waals surface area (Å²) in [7, 11) is 1.92. The zero-order valence-corrected chi connectivity index (χ0v) is 16.5. The molecule has 0 saturated heterocycles. The summed E-state index contributed by atoms with van der Waals surface area (Å²) in [5.41, 5.74) is 3.06. The lowest BCUT2D eigenvalue weighted by Gasteiger charge is -2.08. The highest BCUT2D eigenvalue weighted by molar-refractivity contribution is 7.20. The fraction of sp³-hybridized carbons (Fsp3) is 0.444. The SMILES string of the molecule is CCOC(=O)c1sc2nc(C)nc(NCc3cn(C)nc3CC)c2c1C. The Bertz CT molecular complexity index is 960. The smallest absolute Gasteiger partial charge is 0.348 e. The fourth-order valence-electron chi connectivity index (χ4n) is 2.97. The van der Waals surface area contributed by atoms with Crippen molar-refractivity contribution in [3.05, 3.63) is 33.7 Å². The second kappa shape index (κ2) is 7.41. The van der Waals surface area contributed by atoms with Gasteiger partial charge in [-0.25, -0.2) is 14.8 Å². The summed E-state index contributed by atoms with van der Waals surface area (Å²) in [4.78, 5) is 22.6. The Morgan fingerprint density at radius 1 is 1.31 bits per heavy atom. The third-order valence-electron chi connectivity index (χ3n) is 4.14. The average molecular weight is 373 g/mol. The number of aryl methyl sites for hydroxylation is 4. The molecule has 0 unspecified atom stereocenters. The Hall–Kier alpha value is -2.48. The summed E-state index contributed by atoms with van der Waals surface area (Å²) in [5, 5.41) is 8.76. The van der Waals surface area contributed by atoms with Gasteiger partial charge in [0.1, 0.15) is 21.3 Å². The monoisotopic (exact) mass is 373 g/mol. The van der Waals surface area contributed by atoms with E-state index in [9.17, 15) is 4.79 Å². The zero-order valence-electron chi connectivity index (χ0n) is 15.7. The first-order valence-electron chi connectivity index (χ1n) is 8.64. The number of ether oxygens (including phenoxy) is 1. The summed E-state index contributed by atoms with van der Waals surface area (Å²) in [6, 6.07) is 0. The van der Waals surface area contributed by atoms with Crippen molar-refractivity contribution in [3.8, 4) is 0 Å². The van der Waals surface area contributed by atoms with Gasteiger partial charge in [-0.1, -0.05) is 6.92 Å². The van der Waals surface area contributed by atoms with E-state index in [0.717, 1.165) is 39.3 Å². The number of esters is 1. The molecule has 7 nitrogen and oxygen atoms in total. The number of rotatable bonds is 6. The predicted molar refractivity (Wildman–Crippen MR) is 103 cm³/mol. The number of carbonyl (C=O) groups is 1. The highest BCUT2D eigenvalue weighted by atomic mass is 32.1. The Balaban J connectivity index is 1.98. The number of nitrogens with zero attached hydrogens (tertiary/aromatic N) is 4. The highest BCUT2D eigenvalue weighted by Crippen LogP contribution is 2.34. The first-order chi connectivity index (χ1) is 12.4. The molecule has 26 heavy (non-hydrogen) atoms. The predicted octanol–water partition coefficient (Wildman–Crippen LogP) is 3.39. The first-order valence-corrected chi connectivity index (χ1v) is 9.46. The Kier molecular flexibility index (Phi) is 5.22. The van der Waals surface area contributed by atoms with Crippen molar-refractivity contribution in [2.75, 3.05) is 11.9 Å². The van der Waals surface area contributed by atoms with Crippen LogP contribution < -0.4 is 5.32 Å². The molecular formula is C18H23N5O2S. The number of hydrogen-bond acceptors (Lipinski definition) is 7. The molecule has 3 heterocycles. The quantitative estimate of drug-likeness (QED) is 0.667. The van der Waals surface area contributed by atoms with Gasteiger partial charge in [0.05, 0.1) is 17.7 Å². The molecule has 3 aromatic rings. The zero-order chi connectivity index (χ0) is 18.8. The van der Waals surface area contributed by atoms with Crippen LogP contribution in [0.15, 0.2) is 6.20 Å². The number of aromatic nitrogens is 4. The molecule has 0 aliphatic carbocycles. The summed E-state index contributed by atoms with van der Waals surface area (Å²) in [6.07, 6.45) is 2.89. The normalized spacial score (nSPS) is 11.1. The van der Waals surface area contributed by atoms with Gasteiger partial charge in [-0.2, -0.15) is 5.10 Å². The van der Waals surface area contributed by atoms with Crippen LogP contribution >= 0.6 is 11.3 Å². The molecule has 3 aromatic heterocycles. The maximum absolute atomic E-state index is 12.2. The van der Waals surface area contributed by atoms with Crippen LogP contribution in [0, 0.1) is 13.8 Å². The molecule has 0 radical (unpaired) electrons. The molecule has 0 aliphatic rings. The van der Waals surface area contributed by atoms with Crippen molar-refractivity contribution in [1.29, 1.82) is 0 Å². The van der Waals surface area contributed by atoms with Crippen LogP contribution in [0.2, 0.25) is 0 Å². The van der Waals surface area contributed by atoms with Crippen LogP contribution in [-0.2, 0) is 24.8 Å². The number of hydrogen-bond donors (Lipinski definition) is 1. The van der Waals surface area contributed by atoms with Gasteiger partial charge in [-0.3, -0.25) is 4.68 Å². The molecule has 0 aromatic carbocycles. The van der Waals surface area contributed by atoms with E-state index in [0.29, 0.717) is 23.9 Å². The van der Waals surface area contributed by atoms with Gasteiger partial charge in [-0.05, 0) is 32.8 Å². The molecule has 8 heteroatoms. The molecule has 138 valence electrons. The molecule has 0 amide bonds. The summed E-state index contributed by atoms with van der Waals surface area (Å²) in [6.45, 7) is 8.63. The minimum Gasteiger partial charge on any atom is -0.462 e. The van der Waals surface area contributed by atoms with Crippen LogP contribution in [0.1, 0.15) is 46.2 Å². The Morgan fingerprint density at radius 3 is 2.77 bits per heavy atom. The van der Waals surface area contributed by atoms with Gasteiger partial charge >= 0.3 is 5.97 Å². The molecule has 0 atom stereocenters.